The maximum Gasteiger partial charge on any atom is 0.350 e. The second kappa shape index (κ2) is 8.41. The largest absolute Gasteiger partial charge is 0.352 e. The number of nitrogens with one attached hydrogen (secondary N) is 1. The Morgan fingerprint density at radius 2 is 1.94 bits per heavy atom. The molecule has 0 radical (unpaired) electrons. The van der Waals surface area contributed by atoms with Gasteiger partial charge in [-0.15, -0.1) is 5.10 Å². The Hall–Kier alpha value is -3.75. The van der Waals surface area contributed by atoms with Gasteiger partial charge in [-0.05, 0) is 31.9 Å². The number of hydrogen-bond acceptors (Lipinski definition) is 6. The molecule has 32 heavy (non-hydrogen) atoms. The van der Waals surface area contributed by atoms with Crippen LogP contribution in [0.1, 0.15) is 37.7 Å². The zero-order valence-electron chi connectivity index (χ0n) is 17.8. The summed E-state index contributed by atoms with van der Waals surface area (Å²) in [5.74, 6) is 0.508. The summed E-state index contributed by atoms with van der Waals surface area (Å²) in [7, 11) is 0. The van der Waals surface area contributed by atoms with E-state index < -0.39 is 0 Å². The van der Waals surface area contributed by atoms with Crippen molar-refractivity contribution in [2.45, 2.75) is 51.6 Å². The van der Waals surface area contributed by atoms with E-state index >= 15 is 0 Å². The molecule has 1 saturated carbocycles. The standard InChI is InChI=1S/C23H24N6O3/c1-15-9-11-16(12-10-15)20-25-22(32-27-20)18-8-5-13-28-21(18)26-29(23(28)31)14-19(30)24-17-6-3-2-4-7-17/h5,8-13,17H,2-4,6-7,14H2,1H3,(H,24,30). The van der Waals surface area contributed by atoms with E-state index in [0.29, 0.717) is 17.0 Å². The first-order valence-electron chi connectivity index (χ1n) is 10.9. The van der Waals surface area contributed by atoms with Gasteiger partial charge in [0, 0.05) is 17.8 Å². The molecule has 4 aromatic rings. The fourth-order valence-corrected chi connectivity index (χ4v) is 4.12. The lowest BCUT2D eigenvalue weighted by atomic mass is 9.95. The van der Waals surface area contributed by atoms with Gasteiger partial charge >= 0.3 is 5.69 Å². The topological polar surface area (TPSA) is 107 Å². The molecule has 1 aromatic carbocycles. The van der Waals surface area contributed by atoms with Crippen molar-refractivity contribution in [2.24, 2.45) is 0 Å². The van der Waals surface area contributed by atoms with Crippen LogP contribution in [0, 0.1) is 6.92 Å². The smallest absolute Gasteiger partial charge is 0.350 e. The van der Waals surface area contributed by atoms with Crippen LogP contribution >= 0.6 is 0 Å². The van der Waals surface area contributed by atoms with Crippen molar-refractivity contribution in [1.82, 2.24) is 29.6 Å². The quantitative estimate of drug-likeness (QED) is 0.520. The SMILES string of the molecule is Cc1ccc(-c2noc(-c3cccn4c(=O)n(CC(=O)NC5CCCCC5)nc34)n2)cc1. The van der Waals surface area contributed by atoms with Crippen molar-refractivity contribution in [3.05, 3.63) is 58.6 Å². The molecule has 0 unspecified atom stereocenters. The maximum atomic E-state index is 12.8. The lowest BCUT2D eigenvalue weighted by Crippen LogP contribution is -2.40. The zero-order chi connectivity index (χ0) is 22.1. The van der Waals surface area contributed by atoms with Crippen molar-refractivity contribution < 1.29 is 9.32 Å². The Kier molecular flexibility index (Phi) is 5.30. The summed E-state index contributed by atoms with van der Waals surface area (Å²) >= 11 is 0. The van der Waals surface area contributed by atoms with Crippen molar-refractivity contribution in [2.75, 3.05) is 0 Å². The first-order chi connectivity index (χ1) is 15.6. The van der Waals surface area contributed by atoms with Crippen LogP contribution in [0.2, 0.25) is 0 Å². The molecule has 1 amide bonds. The highest BCUT2D eigenvalue weighted by atomic mass is 16.5. The molecule has 1 aliphatic carbocycles. The minimum absolute atomic E-state index is 0.130. The average Bonchev–Trinajstić information content (AvgIpc) is 3.40. The van der Waals surface area contributed by atoms with Crippen LogP contribution in [0.5, 0.6) is 0 Å². The van der Waals surface area contributed by atoms with Gasteiger partial charge in [0.25, 0.3) is 5.89 Å². The fraction of sp³-hybridized carbons (Fsp3) is 0.348. The number of hydrogen-bond donors (Lipinski definition) is 1. The number of aromatic nitrogens is 5. The second-order valence-electron chi connectivity index (χ2n) is 8.25. The minimum atomic E-state index is -0.390. The molecule has 5 rings (SSSR count). The van der Waals surface area contributed by atoms with E-state index in [1.165, 1.54) is 15.5 Å². The van der Waals surface area contributed by atoms with E-state index in [1.807, 2.05) is 31.2 Å². The Balaban J connectivity index is 1.42. The van der Waals surface area contributed by atoms with Gasteiger partial charge < -0.3 is 9.84 Å². The van der Waals surface area contributed by atoms with Gasteiger partial charge in [0.15, 0.2) is 5.65 Å². The third kappa shape index (κ3) is 3.93. The van der Waals surface area contributed by atoms with Gasteiger partial charge in [-0.1, -0.05) is 54.2 Å². The molecule has 3 heterocycles. The monoisotopic (exact) mass is 432 g/mol. The lowest BCUT2D eigenvalue weighted by molar-refractivity contribution is -0.122. The number of nitrogens with zero attached hydrogens (tertiary/aromatic N) is 5. The van der Waals surface area contributed by atoms with Crippen LogP contribution < -0.4 is 11.0 Å². The van der Waals surface area contributed by atoms with E-state index in [9.17, 15) is 9.59 Å². The van der Waals surface area contributed by atoms with Crippen molar-refractivity contribution >= 4 is 11.6 Å². The zero-order valence-corrected chi connectivity index (χ0v) is 17.8. The maximum absolute atomic E-state index is 12.8. The molecule has 1 aliphatic rings. The van der Waals surface area contributed by atoms with Crippen molar-refractivity contribution in [1.29, 1.82) is 0 Å². The predicted octanol–water partition coefficient (Wildman–Crippen LogP) is 2.97. The Bertz CT molecular complexity index is 1310. The van der Waals surface area contributed by atoms with E-state index in [0.717, 1.165) is 36.8 Å². The number of aryl methyl sites for hydroxylation is 1. The second-order valence-corrected chi connectivity index (χ2v) is 8.25. The molecule has 0 atom stereocenters. The molecule has 9 heteroatoms. The number of fused-ring (bicyclic) bond motifs is 1. The highest BCUT2D eigenvalue weighted by Crippen LogP contribution is 2.24. The molecular weight excluding hydrogens is 408 g/mol. The van der Waals surface area contributed by atoms with Gasteiger partial charge in [0.2, 0.25) is 11.7 Å². The van der Waals surface area contributed by atoms with E-state index in [2.05, 4.69) is 20.6 Å². The predicted molar refractivity (Wildman–Crippen MR) is 118 cm³/mol. The number of amides is 1. The Morgan fingerprint density at radius 1 is 1.16 bits per heavy atom. The van der Waals surface area contributed by atoms with Crippen LogP contribution in [0.25, 0.3) is 28.5 Å². The van der Waals surface area contributed by atoms with Crippen LogP contribution in [-0.2, 0) is 11.3 Å². The molecule has 1 fully saturated rings. The average molecular weight is 432 g/mol. The first-order valence-corrected chi connectivity index (χ1v) is 10.9. The lowest BCUT2D eigenvalue weighted by Gasteiger charge is -2.22. The summed E-state index contributed by atoms with van der Waals surface area (Å²) in [6, 6.07) is 11.5. The van der Waals surface area contributed by atoms with E-state index in [-0.39, 0.29) is 30.1 Å². The summed E-state index contributed by atoms with van der Waals surface area (Å²) in [5.41, 5.74) is 2.47. The number of rotatable bonds is 5. The normalized spacial score (nSPS) is 14.7. The number of pyridine rings is 1. The van der Waals surface area contributed by atoms with Crippen LogP contribution in [0.4, 0.5) is 0 Å². The van der Waals surface area contributed by atoms with Crippen LogP contribution in [0.3, 0.4) is 0 Å². The highest BCUT2D eigenvalue weighted by Gasteiger charge is 2.20. The number of benzene rings is 1. The Labute approximate surface area is 184 Å². The fourth-order valence-electron chi connectivity index (χ4n) is 4.12. The van der Waals surface area contributed by atoms with Gasteiger partial charge in [0.1, 0.15) is 6.54 Å². The number of carbonyl (C=O) groups is 1. The van der Waals surface area contributed by atoms with Gasteiger partial charge in [-0.25, -0.2) is 13.9 Å². The van der Waals surface area contributed by atoms with Crippen molar-refractivity contribution in [3.8, 4) is 22.8 Å². The van der Waals surface area contributed by atoms with Gasteiger partial charge in [-0.3, -0.25) is 4.79 Å². The van der Waals surface area contributed by atoms with Crippen molar-refractivity contribution in [3.63, 3.8) is 0 Å². The molecule has 164 valence electrons. The molecule has 1 N–H and O–H groups in total. The Morgan fingerprint density at radius 3 is 2.72 bits per heavy atom. The molecule has 0 spiro atoms. The first kappa shape index (κ1) is 20.2. The summed E-state index contributed by atoms with van der Waals surface area (Å²) in [6.45, 7) is 1.88. The molecule has 0 saturated heterocycles. The van der Waals surface area contributed by atoms with Gasteiger partial charge in [-0.2, -0.15) is 4.98 Å². The van der Waals surface area contributed by atoms with Gasteiger partial charge in [0.05, 0.1) is 5.56 Å². The molecule has 3 aromatic heterocycles. The molecule has 9 nitrogen and oxygen atoms in total. The van der Waals surface area contributed by atoms with Crippen LogP contribution in [0.15, 0.2) is 51.9 Å². The summed E-state index contributed by atoms with van der Waals surface area (Å²) in [4.78, 5) is 29.8. The summed E-state index contributed by atoms with van der Waals surface area (Å²) in [5, 5.41) is 11.5. The molecule has 0 aliphatic heterocycles. The third-order valence-corrected chi connectivity index (χ3v) is 5.84. The highest BCUT2D eigenvalue weighted by molar-refractivity contribution is 5.76. The van der Waals surface area contributed by atoms with E-state index in [4.69, 9.17) is 4.52 Å². The molecular formula is C23H24N6O3. The minimum Gasteiger partial charge on any atom is -0.352 e. The molecule has 0 bridgehead atoms. The van der Waals surface area contributed by atoms with Crippen LogP contribution in [-0.4, -0.2) is 36.3 Å². The van der Waals surface area contributed by atoms with E-state index in [1.54, 1.807) is 18.3 Å². The third-order valence-electron chi connectivity index (χ3n) is 5.84. The summed E-state index contributed by atoms with van der Waals surface area (Å²) < 4.78 is 8.03. The number of carbonyl (C=O) groups excluding carboxylic acids is 1. The summed E-state index contributed by atoms with van der Waals surface area (Å²) in [6.07, 6.45) is 7.03.